The lowest BCUT2D eigenvalue weighted by Crippen LogP contribution is -2.19. The molecule has 21 heavy (non-hydrogen) atoms. The van der Waals surface area contributed by atoms with E-state index in [2.05, 4.69) is 11.4 Å². The van der Waals surface area contributed by atoms with Crippen molar-refractivity contribution in [3.05, 3.63) is 68.2 Å². The van der Waals surface area contributed by atoms with Gasteiger partial charge in [0.15, 0.2) is 0 Å². The van der Waals surface area contributed by atoms with Crippen molar-refractivity contribution < 1.29 is 4.92 Å². The molecule has 1 aliphatic carbocycles. The highest BCUT2D eigenvalue weighted by atomic mass is 35.5. The maximum absolute atomic E-state index is 10.8. The Morgan fingerprint density at radius 2 is 1.95 bits per heavy atom. The lowest BCUT2D eigenvalue weighted by atomic mass is 10.1. The van der Waals surface area contributed by atoms with Gasteiger partial charge in [-0.1, -0.05) is 17.7 Å². The first-order valence-corrected chi connectivity index (χ1v) is 7.19. The van der Waals surface area contributed by atoms with Gasteiger partial charge in [-0.3, -0.25) is 10.1 Å². The van der Waals surface area contributed by atoms with Gasteiger partial charge in [0.1, 0.15) is 0 Å². The fraction of sp³-hybridized carbons (Fsp3) is 0.250. The number of hydrogen-bond donors (Lipinski definition) is 1. The lowest BCUT2D eigenvalue weighted by Gasteiger charge is -2.14. The van der Waals surface area contributed by atoms with Crippen LogP contribution in [-0.2, 0) is 12.8 Å². The van der Waals surface area contributed by atoms with Gasteiger partial charge < -0.3 is 5.32 Å². The molecule has 0 amide bonds. The van der Waals surface area contributed by atoms with Gasteiger partial charge in [-0.15, -0.1) is 0 Å². The first kappa shape index (κ1) is 13.9. The summed E-state index contributed by atoms with van der Waals surface area (Å²) in [6.07, 6.45) is 1.87. The molecule has 4 nitrogen and oxygen atoms in total. The zero-order valence-corrected chi connectivity index (χ0v) is 12.4. The first-order chi connectivity index (χ1) is 10.0. The molecular formula is C16H15ClN2O2. The minimum absolute atomic E-state index is 0.155. The highest BCUT2D eigenvalue weighted by molar-refractivity contribution is 6.30. The summed E-state index contributed by atoms with van der Waals surface area (Å²) < 4.78 is 0. The summed E-state index contributed by atoms with van der Waals surface area (Å²) in [6.45, 7) is 1.76. The zero-order valence-electron chi connectivity index (χ0n) is 11.6. The Bertz CT molecular complexity index is 715. The van der Waals surface area contributed by atoms with Crippen molar-refractivity contribution >= 4 is 23.0 Å². The smallest absolute Gasteiger partial charge is 0.272 e. The summed E-state index contributed by atoms with van der Waals surface area (Å²) in [5.41, 5.74) is 4.33. The number of benzene rings is 2. The maximum atomic E-state index is 10.8. The SMILES string of the molecule is Cc1cc(NC2Cc3ccc(Cl)cc3C2)ccc1[N+](=O)[O-]. The van der Waals surface area contributed by atoms with E-state index in [0.717, 1.165) is 23.6 Å². The number of anilines is 1. The molecule has 3 rings (SSSR count). The van der Waals surface area contributed by atoms with Crippen molar-refractivity contribution in [3.63, 3.8) is 0 Å². The average Bonchev–Trinajstić information content (AvgIpc) is 2.79. The number of aryl methyl sites for hydroxylation is 1. The Morgan fingerprint density at radius 3 is 2.67 bits per heavy atom. The minimum Gasteiger partial charge on any atom is -0.382 e. The van der Waals surface area contributed by atoms with Crippen LogP contribution in [0.1, 0.15) is 16.7 Å². The summed E-state index contributed by atoms with van der Waals surface area (Å²) in [5, 5.41) is 15.0. The number of halogens is 1. The maximum Gasteiger partial charge on any atom is 0.272 e. The van der Waals surface area contributed by atoms with Crippen LogP contribution in [0.15, 0.2) is 36.4 Å². The second-order valence-corrected chi connectivity index (χ2v) is 5.86. The van der Waals surface area contributed by atoms with Crippen molar-refractivity contribution in [1.29, 1.82) is 0 Å². The van der Waals surface area contributed by atoms with Crippen molar-refractivity contribution in [2.45, 2.75) is 25.8 Å². The molecule has 0 saturated heterocycles. The average molecular weight is 303 g/mol. The van der Waals surface area contributed by atoms with Crippen LogP contribution in [-0.4, -0.2) is 11.0 Å². The quantitative estimate of drug-likeness (QED) is 0.685. The lowest BCUT2D eigenvalue weighted by molar-refractivity contribution is -0.385. The van der Waals surface area contributed by atoms with Crippen LogP contribution >= 0.6 is 11.6 Å². The van der Waals surface area contributed by atoms with E-state index in [0.29, 0.717) is 11.6 Å². The van der Waals surface area contributed by atoms with Crippen LogP contribution in [0.5, 0.6) is 0 Å². The Balaban J connectivity index is 1.74. The molecule has 0 radical (unpaired) electrons. The fourth-order valence-electron chi connectivity index (χ4n) is 2.87. The Hall–Kier alpha value is -2.07. The van der Waals surface area contributed by atoms with Gasteiger partial charge in [0.2, 0.25) is 0 Å². The number of nitro groups is 1. The summed E-state index contributed by atoms with van der Waals surface area (Å²) >= 11 is 6.01. The van der Waals surface area contributed by atoms with Crippen LogP contribution in [0.25, 0.3) is 0 Å². The second-order valence-electron chi connectivity index (χ2n) is 5.42. The third kappa shape index (κ3) is 2.85. The zero-order chi connectivity index (χ0) is 15.0. The van der Waals surface area contributed by atoms with Crippen LogP contribution in [0.2, 0.25) is 5.02 Å². The summed E-state index contributed by atoms with van der Waals surface area (Å²) in [4.78, 5) is 10.5. The van der Waals surface area contributed by atoms with Crippen molar-refractivity contribution in [1.82, 2.24) is 0 Å². The molecule has 0 aromatic heterocycles. The molecule has 0 spiro atoms. The molecule has 1 N–H and O–H groups in total. The standard InChI is InChI=1S/C16H15ClN2O2/c1-10-6-14(4-5-16(10)19(20)21)18-15-8-11-2-3-13(17)7-12(11)9-15/h2-7,15,18H,8-9H2,1H3. The molecule has 0 bridgehead atoms. The van der Waals surface area contributed by atoms with E-state index in [-0.39, 0.29) is 10.6 Å². The van der Waals surface area contributed by atoms with Gasteiger partial charge in [0.25, 0.3) is 5.69 Å². The fourth-order valence-corrected chi connectivity index (χ4v) is 3.07. The molecule has 0 aliphatic heterocycles. The molecule has 0 saturated carbocycles. The van der Waals surface area contributed by atoms with Crippen molar-refractivity contribution in [3.8, 4) is 0 Å². The van der Waals surface area contributed by atoms with Gasteiger partial charge in [-0.25, -0.2) is 0 Å². The van der Waals surface area contributed by atoms with Crippen molar-refractivity contribution in [2.24, 2.45) is 0 Å². The number of nitro benzene ring substituents is 1. The highest BCUT2D eigenvalue weighted by Crippen LogP contribution is 2.28. The number of rotatable bonds is 3. The molecule has 0 heterocycles. The van der Waals surface area contributed by atoms with Crippen LogP contribution in [0, 0.1) is 17.0 Å². The summed E-state index contributed by atoms with van der Waals surface area (Å²) in [6, 6.07) is 11.4. The molecule has 5 heteroatoms. The van der Waals surface area contributed by atoms with E-state index in [9.17, 15) is 10.1 Å². The molecule has 1 aliphatic rings. The number of nitrogens with one attached hydrogen (secondary N) is 1. The Labute approximate surface area is 127 Å². The third-order valence-electron chi connectivity index (χ3n) is 3.87. The molecular weight excluding hydrogens is 288 g/mol. The van der Waals surface area contributed by atoms with E-state index >= 15 is 0 Å². The Morgan fingerprint density at radius 1 is 1.19 bits per heavy atom. The largest absolute Gasteiger partial charge is 0.382 e. The van der Waals surface area contributed by atoms with Crippen LogP contribution in [0.4, 0.5) is 11.4 Å². The highest BCUT2D eigenvalue weighted by Gasteiger charge is 2.22. The monoisotopic (exact) mass is 302 g/mol. The Kier molecular flexibility index (Phi) is 3.55. The van der Waals surface area contributed by atoms with Gasteiger partial charge in [-0.2, -0.15) is 0 Å². The van der Waals surface area contributed by atoms with Crippen LogP contribution < -0.4 is 5.32 Å². The summed E-state index contributed by atoms with van der Waals surface area (Å²) in [5.74, 6) is 0. The van der Waals surface area contributed by atoms with E-state index in [4.69, 9.17) is 11.6 Å². The third-order valence-corrected chi connectivity index (χ3v) is 4.10. The molecule has 108 valence electrons. The van der Waals surface area contributed by atoms with Gasteiger partial charge in [-0.05, 0) is 55.2 Å². The summed E-state index contributed by atoms with van der Waals surface area (Å²) in [7, 11) is 0. The van der Waals surface area contributed by atoms with E-state index in [1.165, 1.54) is 11.1 Å². The number of nitrogens with zero attached hydrogens (tertiary/aromatic N) is 1. The molecule has 1 unspecified atom stereocenters. The predicted molar refractivity (Wildman–Crippen MR) is 84.1 cm³/mol. The van der Waals surface area contributed by atoms with E-state index < -0.39 is 0 Å². The van der Waals surface area contributed by atoms with E-state index in [1.54, 1.807) is 19.1 Å². The minimum atomic E-state index is -0.355. The molecule has 2 aromatic carbocycles. The molecule has 2 aromatic rings. The first-order valence-electron chi connectivity index (χ1n) is 6.82. The van der Waals surface area contributed by atoms with Gasteiger partial charge in [0.05, 0.1) is 4.92 Å². The number of hydrogen-bond acceptors (Lipinski definition) is 3. The van der Waals surface area contributed by atoms with Gasteiger partial charge in [0, 0.05) is 28.4 Å². The van der Waals surface area contributed by atoms with Gasteiger partial charge >= 0.3 is 0 Å². The predicted octanol–water partition coefficient (Wildman–Crippen LogP) is 4.14. The number of fused-ring (bicyclic) bond motifs is 1. The van der Waals surface area contributed by atoms with Crippen molar-refractivity contribution in [2.75, 3.05) is 5.32 Å². The second kappa shape index (κ2) is 5.37. The molecule has 1 atom stereocenters. The normalized spacial score (nSPS) is 16.6. The van der Waals surface area contributed by atoms with Crippen LogP contribution in [0.3, 0.4) is 0 Å². The van der Waals surface area contributed by atoms with E-state index in [1.807, 2.05) is 18.2 Å². The molecule has 0 fully saturated rings. The topological polar surface area (TPSA) is 55.2 Å².